The van der Waals surface area contributed by atoms with Crippen molar-refractivity contribution in [3.8, 4) is 17.0 Å². The lowest BCUT2D eigenvalue weighted by atomic mass is 9.74. The number of nitrogens with zero attached hydrogens (tertiary/aromatic N) is 1. The number of fused-ring (bicyclic) bond motifs is 1. The molecule has 1 aromatic carbocycles. The molecular weight excluding hydrogens is 577 g/mol. The number of carbonyl (C=O) groups is 1. The summed E-state index contributed by atoms with van der Waals surface area (Å²) in [5, 5.41) is 15.3. The average Bonchev–Trinajstić information content (AvgIpc) is 3.34. The summed E-state index contributed by atoms with van der Waals surface area (Å²) in [6.07, 6.45) is 7.39. The van der Waals surface area contributed by atoms with Crippen molar-refractivity contribution < 1.29 is 19.0 Å². The second kappa shape index (κ2) is 17.3. The Morgan fingerprint density at radius 1 is 1.09 bits per heavy atom. The number of carbonyl (C=O) groups excluding carboxylic acids is 1. The molecule has 0 bridgehead atoms. The molecular formula is C39H62FN3O3. The van der Waals surface area contributed by atoms with Crippen LogP contribution in [0.25, 0.3) is 11.3 Å². The molecule has 3 heterocycles. The summed E-state index contributed by atoms with van der Waals surface area (Å²) in [5.41, 5.74) is 4.48. The Balaban J connectivity index is 0.000000405. The number of hydrogen-bond acceptors (Lipinski definition) is 6. The number of pyridine rings is 1. The number of ether oxygens (including phenoxy) is 1. The number of aliphatic hydroxyl groups is 1. The number of Topliss-reactive ketones (excluding diaryl/α,β-unsaturated/α-hetero) is 1. The molecule has 2 atom stereocenters. The van der Waals surface area contributed by atoms with Gasteiger partial charge in [0.15, 0.2) is 11.9 Å². The summed E-state index contributed by atoms with van der Waals surface area (Å²) < 4.78 is 19.6. The molecule has 0 spiro atoms. The minimum atomic E-state index is -0.480. The molecule has 2 aromatic rings. The van der Waals surface area contributed by atoms with Crippen LogP contribution in [0.1, 0.15) is 126 Å². The highest BCUT2D eigenvalue weighted by Crippen LogP contribution is 2.42. The maximum Gasteiger partial charge on any atom is 0.173 e. The zero-order chi connectivity index (χ0) is 34.7. The van der Waals surface area contributed by atoms with Crippen LogP contribution >= 0.6 is 0 Å². The van der Waals surface area contributed by atoms with Crippen molar-refractivity contribution in [1.82, 2.24) is 15.6 Å². The highest BCUT2D eigenvalue weighted by atomic mass is 19.1. The molecule has 46 heavy (non-hydrogen) atoms. The van der Waals surface area contributed by atoms with Gasteiger partial charge in [-0.25, -0.2) is 9.37 Å². The Bertz CT molecular complexity index is 1280. The summed E-state index contributed by atoms with van der Waals surface area (Å²) >= 11 is 0. The van der Waals surface area contributed by atoms with Crippen LogP contribution in [-0.2, 0) is 16.6 Å². The lowest BCUT2D eigenvalue weighted by Crippen LogP contribution is -2.39. The van der Waals surface area contributed by atoms with Gasteiger partial charge in [0.05, 0.1) is 17.6 Å². The van der Waals surface area contributed by atoms with Gasteiger partial charge in [-0.3, -0.25) is 4.79 Å². The number of aliphatic hydroxyl groups excluding tert-OH is 1. The molecule has 0 aliphatic carbocycles. The standard InChI is InChI=1S/C27H36FNO2.C8H16N2O.C4H10/c1-8-13-27(6,7)17(2)14-23(30)24-16-22-25(31-24)20(26(3,4)5)15-21(29-22)18-9-11-19(28)12-10-18;1-8(2)5-7(6-11)9-3-4-10-8;1-3-4-2/h9-12,15,17,24H,8,13-14,16H2,1-7H3;6,9-11H,3-5H2,1-2H3;3-4H2,1-2H3/b;7-6-;. The van der Waals surface area contributed by atoms with Crippen molar-refractivity contribution >= 4 is 5.78 Å². The monoisotopic (exact) mass is 639 g/mol. The first kappa shape index (κ1) is 39.2. The second-order valence-corrected chi connectivity index (χ2v) is 15.3. The van der Waals surface area contributed by atoms with E-state index < -0.39 is 6.10 Å². The van der Waals surface area contributed by atoms with Gasteiger partial charge in [-0.1, -0.05) is 81.6 Å². The first-order chi connectivity index (χ1) is 21.5. The zero-order valence-corrected chi connectivity index (χ0v) is 30.6. The van der Waals surface area contributed by atoms with E-state index in [9.17, 15) is 9.18 Å². The van der Waals surface area contributed by atoms with Crippen LogP contribution in [0, 0.1) is 17.2 Å². The smallest absolute Gasteiger partial charge is 0.173 e. The number of aromatic nitrogens is 1. The normalized spacial score (nSPS) is 18.9. The third-order valence-corrected chi connectivity index (χ3v) is 9.09. The first-order valence-electron chi connectivity index (χ1n) is 17.3. The maximum absolute atomic E-state index is 13.4. The van der Waals surface area contributed by atoms with E-state index in [2.05, 4.69) is 86.8 Å². The van der Waals surface area contributed by atoms with E-state index in [1.807, 2.05) is 6.07 Å². The SMILES string of the molecule is CC1(C)C/C(=C/O)NCCN1.CCCC.CCCC(C)(C)C(C)CC(=O)C1Cc2nc(-c3ccc(F)cc3)cc(C(C)(C)C)c2O1. The lowest BCUT2D eigenvalue weighted by Gasteiger charge is -2.31. The van der Waals surface area contributed by atoms with Gasteiger partial charge in [-0.05, 0) is 67.3 Å². The van der Waals surface area contributed by atoms with E-state index in [-0.39, 0.29) is 33.9 Å². The number of nitrogens with one attached hydrogen (secondary N) is 2. The number of unbranched alkanes of at least 4 members (excludes halogenated alkanes) is 1. The van der Waals surface area contributed by atoms with Crippen molar-refractivity contribution in [3.63, 3.8) is 0 Å². The predicted molar refractivity (Wildman–Crippen MR) is 190 cm³/mol. The Hall–Kier alpha value is -2.93. The Morgan fingerprint density at radius 3 is 2.26 bits per heavy atom. The van der Waals surface area contributed by atoms with Gasteiger partial charge in [0.25, 0.3) is 0 Å². The third-order valence-electron chi connectivity index (χ3n) is 9.09. The molecule has 4 rings (SSSR count). The molecule has 2 aliphatic rings. The molecule has 1 fully saturated rings. The number of benzene rings is 1. The Morgan fingerprint density at radius 2 is 1.72 bits per heavy atom. The molecule has 6 nitrogen and oxygen atoms in total. The largest absolute Gasteiger partial charge is 0.514 e. The molecule has 0 amide bonds. The topological polar surface area (TPSA) is 83.5 Å². The molecule has 0 saturated carbocycles. The van der Waals surface area contributed by atoms with E-state index in [0.29, 0.717) is 12.8 Å². The van der Waals surface area contributed by atoms with Gasteiger partial charge >= 0.3 is 0 Å². The fourth-order valence-electron chi connectivity index (χ4n) is 5.64. The summed E-state index contributed by atoms with van der Waals surface area (Å²) in [5.74, 6) is 0.919. The highest BCUT2D eigenvalue weighted by Gasteiger charge is 2.37. The number of halogens is 1. The van der Waals surface area contributed by atoms with Crippen molar-refractivity contribution in [1.29, 1.82) is 0 Å². The molecule has 258 valence electrons. The minimum Gasteiger partial charge on any atom is -0.514 e. The van der Waals surface area contributed by atoms with Crippen LogP contribution in [-0.4, -0.2) is 40.6 Å². The molecule has 7 heteroatoms. The van der Waals surface area contributed by atoms with Crippen molar-refractivity contribution in [2.45, 2.75) is 138 Å². The van der Waals surface area contributed by atoms with Crippen LogP contribution in [0.2, 0.25) is 0 Å². The van der Waals surface area contributed by atoms with E-state index in [0.717, 1.165) is 72.6 Å². The van der Waals surface area contributed by atoms with Gasteiger partial charge in [-0.2, -0.15) is 0 Å². The third kappa shape index (κ3) is 11.7. The first-order valence-corrected chi connectivity index (χ1v) is 17.3. The summed E-state index contributed by atoms with van der Waals surface area (Å²) in [4.78, 5) is 18.0. The highest BCUT2D eigenvalue weighted by molar-refractivity contribution is 5.85. The van der Waals surface area contributed by atoms with Crippen molar-refractivity contribution in [2.75, 3.05) is 13.1 Å². The second-order valence-electron chi connectivity index (χ2n) is 15.3. The van der Waals surface area contributed by atoms with E-state index in [4.69, 9.17) is 14.8 Å². The summed E-state index contributed by atoms with van der Waals surface area (Å²) in [6, 6.07) is 8.40. The summed E-state index contributed by atoms with van der Waals surface area (Å²) in [6.45, 7) is 25.7. The van der Waals surface area contributed by atoms with Crippen molar-refractivity contribution in [2.24, 2.45) is 11.3 Å². The molecule has 2 unspecified atom stereocenters. The van der Waals surface area contributed by atoms with Crippen LogP contribution in [0.5, 0.6) is 5.75 Å². The number of hydrogen-bond donors (Lipinski definition) is 3. The zero-order valence-electron chi connectivity index (χ0n) is 30.6. The quantitative estimate of drug-likeness (QED) is 0.250. The van der Waals surface area contributed by atoms with Crippen LogP contribution in [0.15, 0.2) is 42.3 Å². The minimum absolute atomic E-state index is 0.0953. The van der Waals surface area contributed by atoms with Crippen molar-refractivity contribution in [3.05, 3.63) is 59.4 Å². The van der Waals surface area contributed by atoms with Gasteiger partial charge in [0.1, 0.15) is 11.6 Å². The maximum atomic E-state index is 13.4. The van der Waals surface area contributed by atoms with Gasteiger partial charge < -0.3 is 20.5 Å². The van der Waals surface area contributed by atoms with Gasteiger partial charge in [-0.15, -0.1) is 0 Å². The van der Waals surface area contributed by atoms with Crippen LogP contribution in [0.3, 0.4) is 0 Å². The Kier molecular flexibility index (Phi) is 14.7. The van der Waals surface area contributed by atoms with E-state index >= 15 is 0 Å². The predicted octanol–water partition coefficient (Wildman–Crippen LogP) is 9.46. The fourth-order valence-corrected chi connectivity index (χ4v) is 5.64. The molecule has 3 N–H and O–H groups in total. The molecule has 2 aliphatic heterocycles. The van der Waals surface area contributed by atoms with Crippen LogP contribution in [0.4, 0.5) is 4.39 Å². The van der Waals surface area contributed by atoms with E-state index in [1.165, 1.54) is 25.0 Å². The molecule has 1 aromatic heterocycles. The van der Waals surface area contributed by atoms with Gasteiger partial charge in [0, 0.05) is 54.7 Å². The fraction of sp³-hybridized carbons (Fsp3) is 0.641. The molecule has 1 saturated heterocycles. The summed E-state index contributed by atoms with van der Waals surface area (Å²) in [7, 11) is 0. The number of rotatable bonds is 8. The average molecular weight is 640 g/mol. The van der Waals surface area contributed by atoms with Gasteiger partial charge in [0.2, 0.25) is 0 Å². The Labute approximate surface area is 279 Å². The number of ketones is 1. The van der Waals surface area contributed by atoms with E-state index in [1.54, 1.807) is 12.1 Å². The lowest BCUT2D eigenvalue weighted by molar-refractivity contribution is -0.126. The van der Waals surface area contributed by atoms with Crippen LogP contribution < -0.4 is 15.4 Å². The molecule has 0 radical (unpaired) electrons.